The summed E-state index contributed by atoms with van der Waals surface area (Å²) in [5.41, 5.74) is 8.44. The van der Waals surface area contributed by atoms with Crippen molar-refractivity contribution in [2.45, 2.75) is 0 Å². The largest absolute Gasteiger partial charge is 0.493 e. The number of methoxy groups -OCH3 is 2. The van der Waals surface area contributed by atoms with Crippen molar-refractivity contribution in [1.29, 1.82) is 0 Å². The van der Waals surface area contributed by atoms with Crippen LogP contribution >= 0.6 is 0 Å². The molecule has 3 aromatic rings. The Morgan fingerprint density at radius 2 is 1.78 bits per heavy atom. The lowest BCUT2D eigenvalue weighted by Crippen LogP contribution is -2.44. The van der Waals surface area contributed by atoms with E-state index in [4.69, 9.17) is 15.2 Å². The number of nitrogens with two attached hydrogens (primary N) is 1. The second-order valence-corrected chi connectivity index (χ2v) is 6.31. The number of benzene rings is 1. The molecule has 1 aromatic carbocycles. The van der Waals surface area contributed by atoms with Gasteiger partial charge in [-0.3, -0.25) is 0 Å². The molecule has 8 nitrogen and oxygen atoms in total. The third-order valence-corrected chi connectivity index (χ3v) is 4.68. The highest BCUT2D eigenvalue weighted by molar-refractivity contribution is 5.91. The highest BCUT2D eigenvalue weighted by Gasteiger charge is 2.18. The fourth-order valence-electron chi connectivity index (χ4n) is 3.30. The van der Waals surface area contributed by atoms with E-state index in [-0.39, 0.29) is 5.95 Å². The van der Waals surface area contributed by atoms with Gasteiger partial charge in [-0.25, -0.2) is 4.98 Å². The first-order valence-corrected chi connectivity index (χ1v) is 8.81. The van der Waals surface area contributed by atoms with Gasteiger partial charge in [-0.2, -0.15) is 9.97 Å². The molecule has 0 bridgehead atoms. The molecule has 0 unspecified atom stereocenters. The molecular weight excluding hydrogens is 344 g/mol. The van der Waals surface area contributed by atoms with Crippen LogP contribution in [0.4, 0.5) is 11.8 Å². The lowest BCUT2D eigenvalue weighted by atomic mass is 10.1. The predicted octanol–water partition coefficient (Wildman–Crippen LogP) is 1.70. The average Bonchev–Trinajstić information content (AvgIpc) is 2.73. The Hall–Kier alpha value is -3.13. The maximum atomic E-state index is 5.92. The monoisotopic (exact) mass is 366 g/mol. The Bertz CT molecular complexity index is 972. The summed E-state index contributed by atoms with van der Waals surface area (Å²) in [4.78, 5) is 15.5. The zero-order valence-electron chi connectivity index (χ0n) is 15.4. The van der Waals surface area contributed by atoms with Crippen molar-refractivity contribution in [1.82, 2.24) is 20.3 Å². The van der Waals surface area contributed by atoms with Crippen LogP contribution in [0.1, 0.15) is 0 Å². The second kappa shape index (κ2) is 7.24. The maximum Gasteiger partial charge on any atom is 0.224 e. The first kappa shape index (κ1) is 17.3. The third-order valence-electron chi connectivity index (χ3n) is 4.68. The van der Waals surface area contributed by atoms with Gasteiger partial charge in [0.2, 0.25) is 5.95 Å². The summed E-state index contributed by atoms with van der Waals surface area (Å²) in [5.74, 6) is 2.43. The van der Waals surface area contributed by atoms with E-state index in [9.17, 15) is 0 Å². The SMILES string of the molecule is COc1ccc(-c2cnc3nc(N)nc(N4CCNCC4)c3c2)cc1OC. The van der Waals surface area contributed by atoms with E-state index in [0.717, 1.165) is 48.5 Å². The van der Waals surface area contributed by atoms with Crippen molar-refractivity contribution in [3.8, 4) is 22.6 Å². The van der Waals surface area contributed by atoms with Crippen LogP contribution in [-0.2, 0) is 0 Å². The van der Waals surface area contributed by atoms with Gasteiger partial charge in [0, 0.05) is 37.9 Å². The fraction of sp³-hybridized carbons (Fsp3) is 0.316. The van der Waals surface area contributed by atoms with E-state index in [2.05, 4.69) is 31.2 Å². The number of ether oxygens (including phenoxy) is 2. The molecule has 1 saturated heterocycles. The van der Waals surface area contributed by atoms with E-state index < -0.39 is 0 Å². The lowest BCUT2D eigenvalue weighted by molar-refractivity contribution is 0.355. The number of pyridine rings is 1. The molecule has 0 atom stereocenters. The minimum Gasteiger partial charge on any atom is -0.493 e. The highest BCUT2D eigenvalue weighted by atomic mass is 16.5. The standard InChI is InChI=1S/C19H22N6O2/c1-26-15-4-3-12(10-16(15)27-2)13-9-14-17(22-11-13)23-19(20)24-18(14)25-7-5-21-6-8-25/h3-4,9-11,21H,5-8H2,1-2H3,(H2,20,22,23,24). The summed E-state index contributed by atoms with van der Waals surface area (Å²) < 4.78 is 10.7. The van der Waals surface area contributed by atoms with Crippen molar-refractivity contribution < 1.29 is 9.47 Å². The summed E-state index contributed by atoms with van der Waals surface area (Å²) in [6, 6.07) is 7.85. The number of nitrogens with one attached hydrogen (secondary N) is 1. The molecular formula is C19H22N6O2. The van der Waals surface area contributed by atoms with E-state index in [1.54, 1.807) is 20.4 Å². The summed E-state index contributed by atoms with van der Waals surface area (Å²) in [7, 11) is 3.25. The van der Waals surface area contributed by atoms with Gasteiger partial charge < -0.3 is 25.4 Å². The van der Waals surface area contributed by atoms with E-state index in [1.165, 1.54) is 0 Å². The molecule has 0 aliphatic carbocycles. The summed E-state index contributed by atoms with van der Waals surface area (Å²) in [5, 5.41) is 4.24. The summed E-state index contributed by atoms with van der Waals surface area (Å²) >= 11 is 0. The number of rotatable bonds is 4. The number of fused-ring (bicyclic) bond motifs is 1. The van der Waals surface area contributed by atoms with Crippen LogP contribution < -0.4 is 25.4 Å². The van der Waals surface area contributed by atoms with Gasteiger partial charge >= 0.3 is 0 Å². The molecule has 4 rings (SSSR count). The molecule has 1 aliphatic heterocycles. The average molecular weight is 366 g/mol. The number of nitrogen functional groups attached to an aromatic ring is 1. The Morgan fingerprint density at radius 1 is 1.00 bits per heavy atom. The third kappa shape index (κ3) is 3.31. The van der Waals surface area contributed by atoms with Crippen molar-refractivity contribution in [2.24, 2.45) is 0 Å². The molecule has 3 N–H and O–H groups in total. The van der Waals surface area contributed by atoms with E-state index >= 15 is 0 Å². The molecule has 140 valence electrons. The number of piperazine rings is 1. The minimum atomic E-state index is 0.238. The van der Waals surface area contributed by atoms with Crippen LogP contribution in [0.2, 0.25) is 0 Å². The van der Waals surface area contributed by atoms with Gasteiger partial charge in [-0.1, -0.05) is 6.07 Å². The predicted molar refractivity (Wildman–Crippen MR) is 105 cm³/mol. The van der Waals surface area contributed by atoms with E-state index in [1.807, 2.05) is 18.2 Å². The molecule has 0 amide bonds. The number of hydrogen-bond donors (Lipinski definition) is 2. The molecule has 3 heterocycles. The summed E-state index contributed by atoms with van der Waals surface area (Å²) in [6.45, 7) is 3.56. The fourth-order valence-corrected chi connectivity index (χ4v) is 3.30. The second-order valence-electron chi connectivity index (χ2n) is 6.31. The van der Waals surface area contributed by atoms with Crippen LogP contribution in [0.3, 0.4) is 0 Å². The number of aromatic nitrogens is 3. The Balaban J connectivity index is 1.82. The highest BCUT2D eigenvalue weighted by Crippen LogP contribution is 2.34. The van der Waals surface area contributed by atoms with Crippen LogP contribution in [0.15, 0.2) is 30.5 Å². The Labute approximate surface area is 157 Å². The summed E-state index contributed by atoms with van der Waals surface area (Å²) in [6.07, 6.45) is 1.79. The lowest BCUT2D eigenvalue weighted by Gasteiger charge is -2.29. The van der Waals surface area contributed by atoms with Crippen LogP contribution in [0.25, 0.3) is 22.2 Å². The molecule has 8 heteroatoms. The van der Waals surface area contributed by atoms with Crippen LogP contribution in [0, 0.1) is 0 Å². The van der Waals surface area contributed by atoms with Gasteiger partial charge in [0.25, 0.3) is 0 Å². The minimum absolute atomic E-state index is 0.238. The maximum absolute atomic E-state index is 5.92. The first-order chi connectivity index (χ1) is 13.2. The van der Waals surface area contributed by atoms with Gasteiger partial charge in [0.15, 0.2) is 17.1 Å². The van der Waals surface area contributed by atoms with Crippen molar-refractivity contribution in [3.05, 3.63) is 30.5 Å². The van der Waals surface area contributed by atoms with Gasteiger partial charge in [-0.15, -0.1) is 0 Å². The Morgan fingerprint density at radius 3 is 2.52 bits per heavy atom. The number of hydrogen-bond acceptors (Lipinski definition) is 8. The van der Waals surface area contributed by atoms with Crippen LogP contribution in [-0.4, -0.2) is 55.4 Å². The zero-order chi connectivity index (χ0) is 18.8. The smallest absolute Gasteiger partial charge is 0.224 e. The Kier molecular flexibility index (Phi) is 4.64. The molecule has 0 radical (unpaired) electrons. The zero-order valence-corrected chi connectivity index (χ0v) is 15.4. The molecule has 2 aromatic heterocycles. The topological polar surface area (TPSA) is 98.4 Å². The number of nitrogens with zero attached hydrogens (tertiary/aromatic N) is 4. The molecule has 1 aliphatic rings. The molecule has 0 saturated carbocycles. The van der Waals surface area contributed by atoms with Crippen LogP contribution in [0.5, 0.6) is 11.5 Å². The quantitative estimate of drug-likeness (QED) is 0.720. The van der Waals surface area contributed by atoms with Gasteiger partial charge in [0.05, 0.1) is 19.6 Å². The van der Waals surface area contributed by atoms with Gasteiger partial charge in [-0.05, 0) is 23.8 Å². The van der Waals surface area contributed by atoms with Gasteiger partial charge in [0.1, 0.15) is 5.82 Å². The number of anilines is 2. The van der Waals surface area contributed by atoms with Crippen molar-refractivity contribution >= 4 is 22.8 Å². The molecule has 27 heavy (non-hydrogen) atoms. The normalized spacial score (nSPS) is 14.4. The first-order valence-electron chi connectivity index (χ1n) is 8.81. The van der Waals surface area contributed by atoms with Crippen molar-refractivity contribution in [2.75, 3.05) is 51.0 Å². The van der Waals surface area contributed by atoms with E-state index in [0.29, 0.717) is 17.1 Å². The van der Waals surface area contributed by atoms with Crippen molar-refractivity contribution in [3.63, 3.8) is 0 Å². The molecule has 1 fully saturated rings. The molecule has 0 spiro atoms.